The summed E-state index contributed by atoms with van der Waals surface area (Å²) >= 11 is -2.24. The molecule has 0 aromatic heterocycles. The zero-order valence-electron chi connectivity index (χ0n) is 20.2. The third-order valence-corrected chi connectivity index (χ3v) is 20.5. The SMILES string of the molecule is CCC[CH2][Sn](/[CH]=C/CNC(=O)/C=C/[C@@H](C)[C@H](O)[C@@H](C)CC)([CH2]CCC)[CH2]CCC. The Bertz CT molecular complexity index is 454. The van der Waals surface area contributed by atoms with Gasteiger partial charge in [0.15, 0.2) is 0 Å². The van der Waals surface area contributed by atoms with Crippen molar-refractivity contribution in [2.75, 3.05) is 6.54 Å². The van der Waals surface area contributed by atoms with Gasteiger partial charge in [-0.25, -0.2) is 0 Å². The molecule has 0 heterocycles. The van der Waals surface area contributed by atoms with E-state index in [0.717, 1.165) is 6.42 Å². The molecule has 4 heteroatoms. The Morgan fingerprint density at radius 2 is 1.48 bits per heavy atom. The van der Waals surface area contributed by atoms with E-state index in [2.05, 4.69) is 43.2 Å². The van der Waals surface area contributed by atoms with E-state index in [9.17, 15) is 9.90 Å². The first kappa shape index (κ1) is 28.7. The van der Waals surface area contributed by atoms with Gasteiger partial charge in [0.2, 0.25) is 0 Å². The second-order valence-corrected chi connectivity index (χ2v) is 21.9. The molecule has 0 aromatic rings. The molecule has 0 radical (unpaired) electrons. The van der Waals surface area contributed by atoms with Crippen LogP contribution in [0.25, 0.3) is 0 Å². The van der Waals surface area contributed by atoms with Crippen LogP contribution < -0.4 is 5.32 Å². The van der Waals surface area contributed by atoms with Crippen molar-refractivity contribution in [2.45, 2.75) is 106 Å². The topological polar surface area (TPSA) is 49.3 Å². The molecule has 0 bridgehead atoms. The summed E-state index contributed by atoms with van der Waals surface area (Å²) in [5.74, 6) is 0.178. The quantitative estimate of drug-likeness (QED) is 0.169. The monoisotopic (exact) mass is 515 g/mol. The maximum absolute atomic E-state index is 12.2. The number of carbonyl (C=O) groups is 1. The Morgan fingerprint density at radius 1 is 0.966 bits per heavy atom. The molecule has 0 unspecified atom stereocenters. The van der Waals surface area contributed by atoms with Crippen LogP contribution in [0.3, 0.4) is 0 Å². The van der Waals surface area contributed by atoms with Gasteiger partial charge in [-0.2, -0.15) is 0 Å². The standard InChI is InChI=1S/C13H22NO2.3C4H9.Sn/c1-5-9-14-12(15)8-7-11(4)13(16)10(3)6-2;3*1-3-4-2;/h1,5,7-8,10-11,13,16H,6,9H2,2-4H3,(H,14,15);3*1,3-4H2,2H3;/b5-1?,8-7+;;;;/t10-,11+,13+;;;;/m0..../s1. The van der Waals surface area contributed by atoms with Crippen LogP contribution >= 0.6 is 0 Å². The molecule has 0 aliphatic rings. The van der Waals surface area contributed by atoms with Crippen LogP contribution in [0.15, 0.2) is 22.3 Å². The van der Waals surface area contributed by atoms with Gasteiger partial charge in [-0.3, -0.25) is 0 Å². The van der Waals surface area contributed by atoms with Crippen LogP contribution in [-0.4, -0.2) is 42.0 Å². The van der Waals surface area contributed by atoms with Crippen molar-refractivity contribution < 1.29 is 9.90 Å². The molecule has 0 saturated heterocycles. The van der Waals surface area contributed by atoms with Crippen molar-refractivity contribution in [3.05, 3.63) is 22.3 Å². The fourth-order valence-electron chi connectivity index (χ4n) is 3.85. The number of nitrogens with one attached hydrogen (secondary N) is 1. The summed E-state index contributed by atoms with van der Waals surface area (Å²) in [6.07, 6.45) is 14.2. The van der Waals surface area contributed by atoms with E-state index in [1.165, 1.54) is 51.8 Å². The van der Waals surface area contributed by atoms with Gasteiger partial charge in [-0.1, -0.05) is 0 Å². The summed E-state index contributed by atoms with van der Waals surface area (Å²) in [5, 5.41) is 13.2. The summed E-state index contributed by atoms with van der Waals surface area (Å²) in [6, 6.07) is 0. The van der Waals surface area contributed by atoms with E-state index in [1.807, 2.05) is 19.9 Å². The Kier molecular flexibility index (Phi) is 17.2. The molecule has 0 saturated carbocycles. The zero-order valence-corrected chi connectivity index (χ0v) is 23.0. The number of rotatable bonds is 17. The summed E-state index contributed by atoms with van der Waals surface area (Å²) in [6.45, 7) is 13.6. The minimum atomic E-state index is -2.24. The Labute approximate surface area is 185 Å². The van der Waals surface area contributed by atoms with Gasteiger partial charge in [0.05, 0.1) is 0 Å². The number of carbonyl (C=O) groups excluding carboxylic acids is 1. The first-order chi connectivity index (χ1) is 13.9. The normalized spacial score (nSPS) is 15.7. The predicted molar refractivity (Wildman–Crippen MR) is 131 cm³/mol. The maximum atomic E-state index is 12.2. The number of aliphatic hydroxyl groups excluding tert-OH is 1. The average molecular weight is 514 g/mol. The van der Waals surface area contributed by atoms with Gasteiger partial charge < -0.3 is 0 Å². The molecule has 3 nitrogen and oxygen atoms in total. The van der Waals surface area contributed by atoms with E-state index < -0.39 is 24.5 Å². The van der Waals surface area contributed by atoms with E-state index in [0.29, 0.717) is 6.54 Å². The molecule has 0 rings (SSSR count). The van der Waals surface area contributed by atoms with Crippen molar-refractivity contribution in [1.82, 2.24) is 5.32 Å². The molecule has 0 aromatic carbocycles. The third kappa shape index (κ3) is 12.9. The van der Waals surface area contributed by atoms with E-state index in [4.69, 9.17) is 0 Å². The first-order valence-corrected chi connectivity index (χ1v) is 19.9. The van der Waals surface area contributed by atoms with Crippen molar-refractivity contribution in [2.24, 2.45) is 11.8 Å². The van der Waals surface area contributed by atoms with Gasteiger partial charge in [-0.15, -0.1) is 0 Å². The average Bonchev–Trinajstić information content (AvgIpc) is 2.74. The van der Waals surface area contributed by atoms with Gasteiger partial charge in [-0.05, 0) is 0 Å². The fraction of sp³-hybridized carbons (Fsp3) is 0.800. The Morgan fingerprint density at radius 3 is 1.93 bits per heavy atom. The summed E-state index contributed by atoms with van der Waals surface area (Å²) in [4.78, 5) is 12.2. The molecule has 2 N–H and O–H groups in total. The van der Waals surface area contributed by atoms with Crippen LogP contribution in [0, 0.1) is 11.8 Å². The molecular formula is C25H49NO2Sn. The fourth-order valence-corrected chi connectivity index (χ4v) is 18.2. The number of hydrogen-bond acceptors (Lipinski definition) is 2. The van der Waals surface area contributed by atoms with Crippen LogP contribution in [0.4, 0.5) is 0 Å². The number of amides is 1. The van der Waals surface area contributed by atoms with Gasteiger partial charge in [0.1, 0.15) is 0 Å². The second-order valence-electron chi connectivity index (χ2n) is 8.91. The van der Waals surface area contributed by atoms with E-state index in [1.54, 1.807) is 6.08 Å². The molecule has 1 amide bonds. The van der Waals surface area contributed by atoms with Crippen LogP contribution in [0.2, 0.25) is 13.3 Å². The van der Waals surface area contributed by atoms with Gasteiger partial charge >= 0.3 is 186 Å². The van der Waals surface area contributed by atoms with E-state index >= 15 is 0 Å². The summed E-state index contributed by atoms with van der Waals surface area (Å²) in [7, 11) is 0. The number of hydrogen-bond donors (Lipinski definition) is 2. The van der Waals surface area contributed by atoms with Crippen molar-refractivity contribution in [1.29, 1.82) is 0 Å². The molecule has 29 heavy (non-hydrogen) atoms. The molecule has 3 atom stereocenters. The zero-order chi connectivity index (χ0) is 22.1. The Balaban J connectivity index is 4.77. The molecule has 0 fully saturated rings. The molecule has 0 aliphatic carbocycles. The molecular weight excluding hydrogens is 465 g/mol. The van der Waals surface area contributed by atoms with Crippen LogP contribution in [-0.2, 0) is 4.79 Å². The van der Waals surface area contributed by atoms with Crippen molar-refractivity contribution >= 4 is 24.3 Å². The number of aliphatic hydroxyl groups is 1. The van der Waals surface area contributed by atoms with Crippen LogP contribution in [0.1, 0.15) is 86.5 Å². The second kappa shape index (κ2) is 17.4. The molecule has 0 aliphatic heterocycles. The first-order valence-electron chi connectivity index (χ1n) is 12.2. The summed E-state index contributed by atoms with van der Waals surface area (Å²) in [5.41, 5.74) is 0. The molecule has 170 valence electrons. The van der Waals surface area contributed by atoms with E-state index in [-0.39, 0.29) is 17.7 Å². The predicted octanol–water partition coefficient (Wildman–Crippen LogP) is 6.65. The van der Waals surface area contributed by atoms with Crippen molar-refractivity contribution in [3.63, 3.8) is 0 Å². The van der Waals surface area contributed by atoms with Crippen molar-refractivity contribution in [3.8, 4) is 0 Å². The number of unbranched alkanes of at least 4 members (excludes halogenated alkanes) is 3. The molecule has 0 spiro atoms. The van der Waals surface area contributed by atoms with Gasteiger partial charge in [0.25, 0.3) is 0 Å². The Hall–Kier alpha value is -0.291. The summed E-state index contributed by atoms with van der Waals surface area (Å²) < 4.78 is 6.98. The van der Waals surface area contributed by atoms with Gasteiger partial charge in [0, 0.05) is 0 Å². The third-order valence-electron chi connectivity index (χ3n) is 6.27. The van der Waals surface area contributed by atoms with Crippen LogP contribution in [0.5, 0.6) is 0 Å². The minimum absolute atomic E-state index is 0.00720.